The number of hydrogen-bond acceptors (Lipinski definition) is 0. The number of unbranched alkanes of at least 4 members (excludes halogenated alkanes) is 7. The molecule has 0 aromatic heterocycles. The highest BCUT2D eigenvalue weighted by Gasteiger charge is 2.10. The van der Waals surface area contributed by atoms with Gasteiger partial charge < -0.3 is 0 Å². The third-order valence-corrected chi connectivity index (χ3v) is 5.19. The molecule has 0 heterocycles. The van der Waals surface area contributed by atoms with Crippen molar-refractivity contribution in [2.75, 3.05) is 0 Å². The summed E-state index contributed by atoms with van der Waals surface area (Å²) in [6.45, 7) is 4.58. The molecule has 0 atom stereocenters. The molecule has 0 aliphatic rings. The second-order valence-corrected chi connectivity index (χ2v) is 7.28. The van der Waals surface area contributed by atoms with Crippen LogP contribution in [0.2, 0.25) is 0 Å². The summed E-state index contributed by atoms with van der Waals surface area (Å²) < 4.78 is 0. The van der Waals surface area contributed by atoms with Crippen LogP contribution in [0.1, 0.15) is 82.8 Å². The van der Waals surface area contributed by atoms with Gasteiger partial charge in [0.05, 0.1) is 0 Å². The quantitative estimate of drug-likeness (QED) is 0.344. The summed E-state index contributed by atoms with van der Waals surface area (Å²) in [6, 6.07) is 17.9. The maximum absolute atomic E-state index is 2.37. The van der Waals surface area contributed by atoms with Crippen molar-refractivity contribution in [3.05, 3.63) is 59.7 Å². The summed E-state index contributed by atoms with van der Waals surface area (Å²) in [7, 11) is 0. The summed E-state index contributed by atoms with van der Waals surface area (Å²) in [5.41, 5.74) is 6.03. The Hall–Kier alpha value is -1.56. The normalized spacial score (nSPS) is 11.0. The third-order valence-electron chi connectivity index (χ3n) is 5.19. The third kappa shape index (κ3) is 6.69. The van der Waals surface area contributed by atoms with Crippen molar-refractivity contribution >= 4 is 0 Å². The first-order chi connectivity index (χ1) is 12.4. The molecule has 0 fully saturated rings. The summed E-state index contributed by atoms with van der Waals surface area (Å²) in [5.74, 6) is 0. The van der Waals surface area contributed by atoms with E-state index in [1.165, 1.54) is 81.8 Å². The van der Waals surface area contributed by atoms with Gasteiger partial charge in [-0.2, -0.15) is 0 Å². The van der Waals surface area contributed by atoms with Gasteiger partial charge in [-0.25, -0.2) is 0 Å². The predicted octanol–water partition coefficient (Wildman–Crippen LogP) is 7.99. The molecule has 0 spiro atoms. The minimum Gasteiger partial charge on any atom is -0.0654 e. The monoisotopic (exact) mass is 336 g/mol. The van der Waals surface area contributed by atoms with Crippen LogP contribution in [-0.2, 0) is 12.8 Å². The average Bonchev–Trinajstić information content (AvgIpc) is 2.66. The summed E-state index contributed by atoms with van der Waals surface area (Å²) in [6.07, 6.45) is 14.7. The maximum atomic E-state index is 2.37. The molecule has 0 radical (unpaired) electrons. The zero-order valence-corrected chi connectivity index (χ0v) is 16.4. The zero-order valence-electron chi connectivity index (χ0n) is 16.4. The molecular weight excluding hydrogens is 300 g/mol. The molecule has 0 bridgehead atoms. The summed E-state index contributed by atoms with van der Waals surface area (Å²) >= 11 is 0. The Labute approximate surface area is 155 Å². The van der Waals surface area contributed by atoms with Crippen LogP contribution in [0, 0.1) is 0 Å². The van der Waals surface area contributed by atoms with Gasteiger partial charge in [0.1, 0.15) is 0 Å². The average molecular weight is 337 g/mol. The Balaban J connectivity index is 2.08. The van der Waals surface area contributed by atoms with Gasteiger partial charge in [0, 0.05) is 0 Å². The van der Waals surface area contributed by atoms with Crippen molar-refractivity contribution in [3.8, 4) is 11.1 Å². The molecule has 2 aromatic carbocycles. The second kappa shape index (κ2) is 11.9. The highest BCUT2D eigenvalue weighted by atomic mass is 14.1. The molecule has 0 aliphatic carbocycles. The minimum atomic E-state index is 1.23. The van der Waals surface area contributed by atoms with Gasteiger partial charge in [-0.3, -0.25) is 0 Å². The number of rotatable bonds is 12. The molecule has 0 N–H and O–H groups in total. The summed E-state index contributed by atoms with van der Waals surface area (Å²) in [4.78, 5) is 0. The number of benzene rings is 2. The molecule has 0 saturated carbocycles. The van der Waals surface area contributed by atoms with Crippen molar-refractivity contribution < 1.29 is 0 Å². The fraction of sp³-hybridized carbons (Fsp3) is 0.520. The van der Waals surface area contributed by atoms with Gasteiger partial charge >= 0.3 is 0 Å². The lowest BCUT2D eigenvalue weighted by atomic mass is 9.89. The van der Waals surface area contributed by atoms with Crippen LogP contribution in [0.3, 0.4) is 0 Å². The lowest BCUT2D eigenvalue weighted by molar-refractivity contribution is 0.606. The van der Waals surface area contributed by atoms with E-state index in [2.05, 4.69) is 62.4 Å². The lowest BCUT2D eigenvalue weighted by Gasteiger charge is -2.15. The Morgan fingerprint density at radius 1 is 0.560 bits per heavy atom. The van der Waals surface area contributed by atoms with Gasteiger partial charge in [0.15, 0.2) is 0 Å². The van der Waals surface area contributed by atoms with Gasteiger partial charge in [0.25, 0.3) is 0 Å². The molecule has 0 aliphatic heterocycles. The topological polar surface area (TPSA) is 0 Å². The van der Waals surface area contributed by atoms with Crippen LogP contribution in [0.5, 0.6) is 0 Å². The molecule has 0 nitrogen and oxygen atoms in total. The number of hydrogen-bond donors (Lipinski definition) is 0. The molecule has 136 valence electrons. The van der Waals surface area contributed by atoms with E-state index in [4.69, 9.17) is 0 Å². The fourth-order valence-electron chi connectivity index (χ4n) is 3.70. The first kappa shape index (κ1) is 19.8. The molecule has 0 amide bonds. The highest BCUT2D eigenvalue weighted by molar-refractivity contribution is 5.68. The second-order valence-electron chi connectivity index (χ2n) is 7.28. The van der Waals surface area contributed by atoms with E-state index in [-0.39, 0.29) is 0 Å². The van der Waals surface area contributed by atoms with Gasteiger partial charge in [-0.1, -0.05) is 107 Å². The maximum Gasteiger partial charge on any atom is -0.0149 e. The van der Waals surface area contributed by atoms with Crippen LogP contribution < -0.4 is 0 Å². The van der Waals surface area contributed by atoms with Crippen molar-refractivity contribution in [2.24, 2.45) is 0 Å². The van der Waals surface area contributed by atoms with E-state index in [0.29, 0.717) is 0 Å². The fourth-order valence-corrected chi connectivity index (χ4v) is 3.70. The molecule has 2 rings (SSSR count). The molecular formula is C25H36. The smallest absolute Gasteiger partial charge is 0.0149 e. The van der Waals surface area contributed by atoms with Crippen molar-refractivity contribution in [1.29, 1.82) is 0 Å². The Morgan fingerprint density at radius 2 is 1.20 bits per heavy atom. The first-order valence-electron chi connectivity index (χ1n) is 10.5. The van der Waals surface area contributed by atoms with Crippen molar-refractivity contribution in [2.45, 2.75) is 84.5 Å². The predicted molar refractivity (Wildman–Crippen MR) is 112 cm³/mol. The van der Waals surface area contributed by atoms with Gasteiger partial charge in [-0.15, -0.1) is 0 Å². The number of aryl methyl sites for hydroxylation is 1. The molecule has 0 heteroatoms. The molecule has 2 aromatic rings. The highest BCUT2D eigenvalue weighted by Crippen LogP contribution is 2.29. The van der Waals surface area contributed by atoms with E-state index in [1.54, 1.807) is 11.1 Å². The molecule has 0 saturated heterocycles. The molecule has 0 unspecified atom stereocenters. The van der Waals surface area contributed by atoms with Gasteiger partial charge in [-0.05, 0) is 47.9 Å². The van der Waals surface area contributed by atoms with Crippen molar-refractivity contribution in [1.82, 2.24) is 0 Å². The van der Waals surface area contributed by atoms with E-state index >= 15 is 0 Å². The lowest BCUT2D eigenvalue weighted by Crippen LogP contribution is -1.99. The van der Waals surface area contributed by atoms with Crippen LogP contribution in [0.25, 0.3) is 11.1 Å². The van der Waals surface area contributed by atoms with E-state index in [9.17, 15) is 0 Å². The van der Waals surface area contributed by atoms with Crippen molar-refractivity contribution in [3.63, 3.8) is 0 Å². The van der Waals surface area contributed by atoms with E-state index < -0.39 is 0 Å². The zero-order chi connectivity index (χ0) is 17.7. The minimum absolute atomic E-state index is 1.23. The molecule has 25 heavy (non-hydrogen) atoms. The summed E-state index contributed by atoms with van der Waals surface area (Å²) in [5, 5.41) is 0. The van der Waals surface area contributed by atoms with Crippen LogP contribution >= 0.6 is 0 Å². The van der Waals surface area contributed by atoms with Crippen LogP contribution in [-0.4, -0.2) is 0 Å². The largest absolute Gasteiger partial charge is 0.0654 e. The first-order valence-corrected chi connectivity index (χ1v) is 10.5. The Kier molecular flexibility index (Phi) is 9.41. The SMILES string of the molecule is CCCCCCCCc1cccc(-c2ccccc2)c1CCCCC. The standard InChI is InChI=1S/C25H36/c1-3-5-7-8-9-12-16-23-19-15-21-25(22-17-13-10-14-18-22)24(23)20-11-6-4-2/h10,13-15,17-19,21H,3-9,11-12,16,20H2,1-2H3. The van der Waals surface area contributed by atoms with Crippen LogP contribution in [0.15, 0.2) is 48.5 Å². The van der Waals surface area contributed by atoms with E-state index in [0.717, 1.165) is 0 Å². The van der Waals surface area contributed by atoms with Crippen LogP contribution in [0.4, 0.5) is 0 Å². The Morgan fingerprint density at radius 3 is 1.96 bits per heavy atom. The van der Waals surface area contributed by atoms with E-state index in [1.807, 2.05) is 0 Å². The Bertz CT molecular complexity index is 582. The van der Waals surface area contributed by atoms with Gasteiger partial charge in [0.2, 0.25) is 0 Å².